The van der Waals surface area contributed by atoms with Crippen LogP contribution in [0.25, 0.3) is 0 Å². The predicted octanol–water partition coefficient (Wildman–Crippen LogP) is 6.07. The SMILES string of the molecule is CC1(C)S[C@H]2N(C(=O)[C@@]2(Br)N=C(Cl)c2cccc([N+](=O)[O-])c2)[C@H]1C(=O)OC(c1ccccc1)c1ccccc1. The highest BCUT2D eigenvalue weighted by molar-refractivity contribution is 9.10. The molecule has 2 heterocycles. The second kappa shape index (κ2) is 10.4. The second-order valence-corrected chi connectivity index (χ2v) is 13.0. The first-order chi connectivity index (χ1) is 18.5. The Morgan fingerprint density at radius 2 is 1.67 bits per heavy atom. The van der Waals surface area contributed by atoms with E-state index in [1.54, 1.807) is 6.07 Å². The van der Waals surface area contributed by atoms with E-state index in [0.29, 0.717) is 5.56 Å². The van der Waals surface area contributed by atoms with Gasteiger partial charge in [-0.15, -0.1) is 11.8 Å². The molecule has 2 aliphatic rings. The molecular weight excluding hydrogens is 606 g/mol. The molecule has 0 aromatic heterocycles. The minimum atomic E-state index is -1.43. The molecule has 0 N–H and O–H groups in total. The molecule has 1 amide bonds. The number of thioether (sulfide) groups is 1. The van der Waals surface area contributed by atoms with Crippen molar-refractivity contribution in [2.75, 3.05) is 0 Å². The number of esters is 1. The standard InChI is InChI=1S/C28H23BrClN3O5S/c1-27(2)22(24(34)38-21(17-10-5-3-6-11-17)18-12-7-4-8-13-18)32-25(35)28(29,26(32)39-27)31-23(30)19-14-9-15-20(16-19)33(36)37/h3-16,21-22,26H,1-2H3/t22-,26+,28+/m0/s1. The normalized spacial score (nSPS) is 23.8. The molecule has 2 fully saturated rings. The van der Waals surface area contributed by atoms with Crippen molar-refractivity contribution in [2.24, 2.45) is 4.99 Å². The van der Waals surface area contributed by atoms with E-state index in [0.717, 1.165) is 11.1 Å². The first-order valence-electron chi connectivity index (χ1n) is 12.0. The summed E-state index contributed by atoms with van der Waals surface area (Å²) >= 11 is 11.3. The maximum Gasteiger partial charge on any atom is 0.331 e. The highest BCUT2D eigenvalue weighted by Gasteiger charge is 2.71. The van der Waals surface area contributed by atoms with Crippen molar-refractivity contribution in [1.82, 2.24) is 4.90 Å². The van der Waals surface area contributed by atoms with Gasteiger partial charge in [-0.3, -0.25) is 14.9 Å². The van der Waals surface area contributed by atoms with E-state index in [4.69, 9.17) is 16.3 Å². The maximum atomic E-state index is 13.7. The molecule has 0 saturated carbocycles. The van der Waals surface area contributed by atoms with Gasteiger partial charge in [-0.05, 0) is 40.9 Å². The van der Waals surface area contributed by atoms with Crippen molar-refractivity contribution in [3.8, 4) is 0 Å². The number of hydrogen-bond acceptors (Lipinski definition) is 7. The van der Waals surface area contributed by atoms with E-state index in [-0.39, 0.29) is 10.9 Å². The fourth-order valence-corrected chi connectivity index (χ4v) is 7.60. The minimum absolute atomic E-state index is 0.0544. The number of benzene rings is 3. The van der Waals surface area contributed by atoms with Crippen LogP contribution in [0.5, 0.6) is 0 Å². The van der Waals surface area contributed by atoms with Gasteiger partial charge in [-0.1, -0.05) is 84.4 Å². The Morgan fingerprint density at radius 1 is 1.08 bits per heavy atom. The lowest BCUT2D eigenvalue weighted by Crippen LogP contribution is -2.70. The number of nitrogens with zero attached hydrogens (tertiary/aromatic N) is 3. The number of alkyl halides is 1. The summed E-state index contributed by atoms with van der Waals surface area (Å²) in [6.07, 6.45) is -0.647. The second-order valence-electron chi connectivity index (χ2n) is 9.71. The average molecular weight is 629 g/mol. The van der Waals surface area contributed by atoms with Crippen molar-refractivity contribution in [2.45, 2.75) is 40.6 Å². The van der Waals surface area contributed by atoms with Crippen LogP contribution in [0.2, 0.25) is 0 Å². The number of β-lactam (4-membered cyclic amide) rings is 1. The summed E-state index contributed by atoms with van der Waals surface area (Å²) in [6.45, 7) is 3.77. The highest BCUT2D eigenvalue weighted by atomic mass is 79.9. The summed E-state index contributed by atoms with van der Waals surface area (Å²) in [4.78, 5) is 43.8. The number of nitro groups is 1. The number of rotatable bonds is 7. The molecule has 3 atom stereocenters. The molecular formula is C28H23BrClN3O5S. The largest absolute Gasteiger partial charge is 0.451 e. The van der Waals surface area contributed by atoms with E-state index in [1.165, 1.54) is 34.9 Å². The predicted molar refractivity (Wildman–Crippen MR) is 154 cm³/mol. The Morgan fingerprint density at radius 3 is 2.23 bits per heavy atom. The van der Waals surface area contributed by atoms with Crippen LogP contribution >= 0.6 is 39.3 Å². The van der Waals surface area contributed by atoms with Gasteiger partial charge in [-0.2, -0.15) is 0 Å². The van der Waals surface area contributed by atoms with Gasteiger partial charge in [0.15, 0.2) is 6.10 Å². The van der Waals surface area contributed by atoms with Gasteiger partial charge < -0.3 is 9.64 Å². The summed E-state index contributed by atoms with van der Waals surface area (Å²) < 4.78 is 3.99. The van der Waals surface area contributed by atoms with E-state index < -0.39 is 43.5 Å². The van der Waals surface area contributed by atoms with Crippen LogP contribution in [0.3, 0.4) is 0 Å². The number of ether oxygens (including phenoxy) is 1. The van der Waals surface area contributed by atoms with E-state index >= 15 is 0 Å². The van der Waals surface area contributed by atoms with E-state index in [1.807, 2.05) is 74.5 Å². The molecule has 3 aromatic rings. The van der Waals surface area contributed by atoms with Crippen molar-refractivity contribution in [3.05, 3.63) is 112 Å². The zero-order valence-electron chi connectivity index (χ0n) is 20.9. The third-order valence-corrected chi connectivity index (χ3v) is 9.86. The zero-order valence-corrected chi connectivity index (χ0v) is 24.0. The van der Waals surface area contributed by atoms with Gasteiger partial charge >= 0.3 is 5.97 Å². The number of amides is 1. The quantitative estimate of drug-likeness (QED) is 0.0599. The lowest BCUT2D eigenvalue weighted by molar-refractivity contribution is -0.384. The van der Waals surface area contributed by atoms with Crippen LogP contribution in [0.4, 0.5) is 5.69 Å². The van der Waals surface area contributed by atoms with Gasteiger partial charge in [0.1, 0.15) is 16.6 Å². The fraction of sp³-hybridized carbons (Fsp3) is 0.250. The molecule has 8 nitrogen and oxygen atoms in total. The van der Waals surface area contributed by atoms with Gasteiger partial charge in [0.2, 0.25) is 4.45 Å². The molecule has 3 aromatic carbocycles. The summed E-state index contributed by atoms with van der Waals surface area (Å²) in [5.41, 5.74) is 1.80. The van der Waals surface area contributed by atoms with Gasteiger partial charge in [-0.25, -0.2) is 9.79 Å². The molecule has 11 heteroatoms. The molecule has 0 aliphatic carbocycles. The van der Waals surface area contributed by atoms with Gasteiger partial charge in [0.25, 0.3) is 11.6 Å². The highest BCUT2D eigenvalue weighted by Crippen LogP contribution is 2.59. The molecule has 5 rings (SSSR count). The number of non-ortho nitro benzene ring substituents is 1. The zero-order chi connectivity index (χ0) is 27.9. The van der Waals surface area contributed by atoms with Crippen LogP contribution in [-0.4, -0.2) is 47.5 Å². The first-order valence-corrected chi connectivity index (χ1v) is 14.1. The molecule has 2 saturated heterocycles. The Bertz CT molecular complexity index is 1430. The monoisotopic (exact) mass is 627 g/mol. The molecule has 0 unspecified atom stereocenters. The van der Waals surface area contributed by atoms with Gasteiger partial charge in [0.05, 0.1) is 4.92 Å². The van der Waals surface area contributed by atoms with E-state index in [9.17, 15) is 19.7 Å². The number of carbonyl (C=O) groups is 2. The summed E-state index contributed by atoms with van der Waals surface area (Å²) in [5, 5.41) is 10.6. The van der Waals surface area contributed by atoms with Crippen LogP contribution in [0.15, 0.2) is 89.9 Å². The topological polar surface area (TPSA) is 102 Å². The maximum absolute atomic E-state index is 13.7. The Hall–Kier alpha value is -3.21. The van der Waals surface area contributed by atoms with Gasteiger partial charge in [0, 0.05) is 22.4 Å². The lowest BCUT2D eigenvalue weighted by Gasteiger charge is -2.47. The molecule has 39 heavy (non-hydrogen) atoms. The van der Waals surface area contributed by atoms with E-state index in [2.05, 4.69) is 20.9 Å². The summed E-state index contributed by atoms with van der Waals surface area (Å²) in [5.74, 6) is -0.962. The molecule has 0 radical (unpaired) electrons. The summed E-state index contributed by atoms with van der Waals surface area (Å²) in [7, 11) is 0. The first kappa shape index (κ1) is 27.4. The van der Waals surface area contributed by atoms with Crippen LogP contribution in [0.1, 0.15) is 36.6 Å². The lowest BCUT2D eigenvalue weighted by atomic mass is 9.95. The number of nitro benzene ring substituents is 1. The molecule has 0 bridgehead atoms. The molecule has 2 aliphatic heterocycles. The number of hydrogen-bond donors (Lipinski definition) is 0. The number of halogens is 2. The third-order valence-electron chi connectivity index (χ3n) is 6.68. The third kappa shape index (κ3) is 4.97. The van der Waals surface area contributed by atoms with Crippen molar-refractivity contribution < 1.29 is 19.2 Å². The summed E-state index contributed by atoms with van der Waals surface area (Å²) in [6, 6.07) is 23.7. The van der Waals surface area contributed by atoms with Crippen molar-refractivity contribution in [3.63, 3.8) is 0 Å². The Labute approximate surface area is 242 Å². The van der Waals surface area contributed by atoms with Crippen molar-refractivity contribution in [1.29, 1.82) is 0 Å². The number of fused-ring (bicyclic) bond motifs is 1. The average Bonchev–Trinajstić information content (AvgIpc) is 3.21. The van der Waals surface area contributed by atoms with Crippen LogP contribution in [0, 0.1) is 10.1 Å². The molecule has 200 valence electrons. The Kier molecular flexibility index (Phi) is 7.30. The Balaban J connectivity index is 1.42. The number of aliphatic imine (C=N–C) groups is 1. The van der Waals surface area contributed by atoms with Crippen LogP contribution < -0.4 is 0 Å². The fourth-order valence-electron chi connectivity index (χ4n) is 4.81. The van der Waals surface area contributed by atoms with Crippen molar-refractivity contribution >= 4 is 62.0 Å². The van der Waals surface area contributed by atoms with Crippen LogP contribution in [-0.2, 0) is 14.3 Å². The molecule has 0 spiro atoms. The smallest absolute Gasteiger partial charge is 0.331 e. The number of carbonyl (C=O) groups excluding carboxylic acids is 2. The minimum Gasteiger partial charge on any atom is -0.451 e.